The van der Waals surface area contributed by atoms with Gasteiger partial charge in [0, 0.05) is 24.3 Å². The van der Waals surface area contributed by atoms with Crippen LogP contribution in [0.15, 0.2) is 54.6 Å². The number of rotatable bonds is 3. The molecule has 4 heteroatoms. The van der Waals surface area contributed by atoms with E-state index in [0.717, 1.165) is 16.9 Å². The summed E-state index contributed by atoms with van der Waals surface area (Å²) in [6.45, 7) is 2.41. The standard InChI is InChI=1S/C18H18N2O2/c1-13-6-5-7-15(10-13)19-18(22)14-11-17(21)20(12-14)16-8-3-2-4-9-16/h2-10,14H,11-12H2,1H3,(H,19,22). The van der Waals surface area contributed by atoms with Gasteiger partial charge in [0.1, 0.15) is 0 Å². The second kappa shape index (κ2) is 6.02. The molecule has 0 radical (unpaired) electrons. The summed E-state index contributed by atoms with van der Waals surface area (Å²) in [6, 6.07) is 17.1. The van der Waals surface area contributed by atoms with Gasteiger partial charge in [-0.25, -0.2) is 0 Å². The summed E-state index contributed by atoms with van der Waals surface area (Å²) in [5.41, 5.74) is 2.71. The molecule has 1 atom stereocenters. The minimum absolute atomic E-state index is 0.00408. The topological polar surface area (TPSA) is 49.4 Å². The fraction of sp³-hybridized carbons (Fsp3) is 0.222. The molecular formula is C18H18N2O2. The lowest BCUT2D eigenvalue weighted by atomic mass is 10.1. The Hall–Kier alpha value is -2.62. The van der Waals surface area contributed by atoms with Crippen molar-refractivity contribution in [1.82, 2.24) is 0 Å². The lowest BCUT2D eigenvalue weighted by Crippen LogP contribution is -2.28. The van der Waals surface area contributed by atoms with E-state index in [2.05, 4.69) is 5.32 Å². The first-order chi connectivity index (χ1) is 10.6. The number of aryl methyl sites for hydroxylation is 1. The second-order valence-corrected chi connectivity index (χ2v) is 5.60. The minimum atomic E-state index is -0.312. The Morgan fingerprint density at radius 3 is 2.64 bits per heavy atom. The van der Waals surface area contributed by atoms with Gasteiger partial charge in [-0.3, -0.25) is 9.59 Å². The first-order valence-corrected chi connectivity index (χ1v) is 7.36. The molecule has 4 nitrogen and oxygen atoms in total. The molecule has 1 aliphatic heterocycles. The first kappa shape index (κ1) is 14.3. The van der Waals surface area contributed by atoms with E-state index >= 15 is 0 Å². The molecule has 2 aromatic rings. The number of amides is 2. The summed E-state index contributed by atoms with van der Waals surface area (Å²) in [5.74, 6) is -0.416. The SMILES string of the molecule is Cc1cccc(NC(=O)C2CC(=O)N(c3ccccc3)C2)c1. The highest BCUT2D eigenvalue weighted by molar-refractivity contribution is 6.03. The molecule has 1 fully saturated rings. The predicted octanol–water partition coefficient (Wildman–Crippen LogP) is 2.99. The third-order valence-corrected chi connectivity index (χ3v) is 3.85. The van der Waals surface area contributed by atoms with Gasteiger partial charge in [-0.05, 0) is 36.8 Å². The molecule has 2 aromatic carbocycles. The summed E-state index contributed by atoms with van der Waals surface area (Å²) >= 11 is 0. The lowest BCUT2D eigenvalue weighted by molar-refractivity contribution is -0.122. The van der Waals surface area contributed by atoms with Crippen LogP contribution in [0.3, 0.4) is 0 Å². The van der Waals surface area contributed by atoms with E-state index in [1.165, 1.54) is 0 Å². The maximum atomic E-state index is 12.4. The monoisotopic (exact) mass is 294 g/mol. The van der Waals surface area contributed by atoms with Crippen molar-refractivity contribution >= 4 is 23.2 Å². The van der Waals surface area contributed by atoms with Crippen molar-refractivity contribution in [2.24, 2.45) is 5.92 Å². The van der Waals surface area contributed by atoms with E-state index in [0.29, 0.717) is 6.54 Å². The van der Waals surface area contributed by atoms with Gasteiger partial charge in [-0.15, -0.1) is 0 Å². The number of carbonyl (C=O) groups excluding carboxylic acids is 2. The number of hydrogen-bond donors (Lipinski definition) is 1. The molecule has 0 saturated carbocycles. The number of nitrogens with one attached hydrogen (secondary N) is 1. The van der Waals surface area contributed by atoms with Gasteiger partial charge in [-0.1, -0.05) is 30.3 Å². The molecule has 1 aliphatic rings. The molecule has 1 N–H and O–H groups in total. The first-order valence-electron chi connectivity index (χ1n) is 7.36. The minimum Gasteiger partial charge on any atom is -0.326 e. The van der Waals surface area contributed by atoms with Gasteiger partial charge in [0.25, 0.3) is 0 Å². The molecule has 0 spiro atoms. The molecule has 0 aliphatic carbocycles. The smallest absolute Gasteiger partial charge is 0.229 e. The summed E-state index contributed by atoms with van der Waals surface area (Å²) < 4.78 is 0. The molecule has 1 saturated heterocycles. The van der Waals surface area contributed by atoms with Crippen LogP contribution in [0.5, 0.6) is 0 Å². The number of carbonyl (C=O) groups is 2. The zero-order valence-electron chi connectivity index (χ0n) is 12.5. The van der Waals surface area contributed by atoms with Gasteiger partial charge in [0.05, 0.1) is 5.92 Å². The van der Waals surface area contributed by atoms with Crippen molar-refractivity contribution in [3.05, 3.63) is 60.2 Å². The zero-order chi connectivity index (χ0) is 15.5. The van der Waals surface area contributed by atoms with Crippen LogP contribution in [-0.2, 0) is 9.59 Å². The number of nitrogens with zero attached hydrogens (tertiary/aromatic N) is 1. The summed E-state index contributed by atoms with van der Waals surface area (Å²) in [4.78, 5) is 26.2. The highest BCUT2D eigenvalue weighted by Gasteiger charge is 2.35. The highest BCUT2D eigenvalue weighted by Crippen LogP contribution is 2.25. The average Bonchev–Trinajstić information content (AvgIpc) is 2.90. The average molecular weight is 294 g/mol. The maximum Gasteiger partial charge on any atom is 0.229 e. The van der Waals surface area contributed by atoms with Gasteiger partial charge < -0.3 is 10.2 Å². The second-order valence-electron chi connectivity index (χ2n) is 5.60. The van der Waals surface area contributed by atoms with Crippen LogP contribution in [0.4, 0.5) is 11.4 Å². The fourth-order valence-electron chi connectivity index (χ4n) is 2.71. The van der Waals surface area contributed by atoms with Crippen LogP contribution in [0, 0.1) is 12.8 Å². The lowest BCUT2D eigenvalue weighted by Gasteiger charge is -2.16. The molecule has 3 rings (SSSR count). The van der Waals surface area contributed by atoms with Crippen molar-refractivity contribution in [1.29, 1.82) is 0 Å². The number of hydrogen-bond acceptors (Lipinski definition) is 2. The summed E-state index contributed by atoms with van der Waals surface area (Å²) in [6.07, 6.45) is 0.256. The summed E-state index contributed by atoms with van der Waals surface area (Å²) in [5, 5.41) is 2.90. The van der Waals surface area contributed by atoms with E-state index in [-0.39, 0.29) is 24.2 Å². The van der Waals surface area contributed by atoms with Crippen molar-refractivity contribution in [3.63, 3.8) is 0 Å². The number of benzene rings is 2. The zero-order valence-corrected chi connectivity index (χ0v) is 12.5. The largest absolute Gasteiger partial charge is 0.326 e. The van der Waals surface area contributed by atoms with Crippen LogP contribution in [0.1, 0.15) is 12.0 Å². The van der Waals surface area contributed by atoms with Gasteiger partial charge in [0.2, 0.25) is 11.8 Å². The predicted molar refractivity (Wildman–Crippen MR) is 86.7 cm³/mol. The summed E-state index contributed by atoms with van der Waals surface area (Å²) in [7, 11) is 0. The normalized spacial score (nSPS) is 17.6. The van der Waals surface area contributed by atoms with Gasteiger partial charge in [0.15, 0.2) is 0 Å². The van der Waals surface area contributed by atoms with Crippen LogP contribution in [-0.4, -0.2) is 18.4 Å². The van der Waals surface area contributed by atoms with E-state index < -0.39 is 0 Å². The number of para-hydroxylation sites is 1. The maximum absolute atomic E-state index is 12.4. The molecule has 112 valence electrons. The molecule has 22 heavy (non-hydrogen) atoms. The Balaban J connectivity index is 1.69. The van der Waals surface area contributed by atoms with Crippen LogP contribution >= 0.6 is 0 Å². The quantitative estimate of drug-likeness (QED) is 0.946. The van der Waals surface area contributed by atoms with Crippen molar-refractivity contribution in [3.8, 4) is 0 Å². The Bertz CT molecular complexity index is 697. The van der Waals surface area contributed by atoms with Gasteiger partial charge >= 0.3 is 0 Å². The fourth-order valence-corrected chi connectivity index (χ4v) is 2.71. The third kappa shape index (κ3) is 3.01. The van der Waals surface area contributed by atoms with Gasteiger partial charge in [-0.2, -0.15) is 0 Å². The molecule has 1 unspecified atom stereocenters. The highest BCUT2D eigenvalue weighted by atomic mass is 16.2. The van der Waals surface area contributed by atoms with E-state index in [4.69, 9.17) is 0 Å². The molecule has 0 aromatic heterocycles. The molecular weight excluding hydrogens is 276 g/mol. The Kier molecular flexibility index (Phi) is 3.92. The van der Waals surface area contributed by atoms with Crippen LogP contribution in [0.25, 0.3) is 0 Å². The molecule has 2 amide bonds. The van der Waals surface area contributed by atoms with Crippen molar-refractivity contribution < 1.29 is 9.59 Å². The van der Waals surface area contributed by atoms with Crippen LogP contribution < -0.4 is 10.2 Å². The van der Waals surface area contributed by atoms with Crippen molar-refractivity contribution in [2.75, 3.05) is 16.8 Å². The van der Waals surface area contributed by atoms with E-state index in [1.807, 2.05) is 61.5 Å². The third-order valence-electron chi connectivity index (χ3n) is 3.85. The Morgan fingerprint density at radius 1 is 1.14 bits per heavy atom. The molecule has 0 bridgehead atoms. The van der Waals surface area contributed by atoms with Crippen LogP contribution in [0.2, 0.25) is 0 Å². The molecule has 1 heterocycles. The van der Waals surface area contributed by atoms with Crippen molar-refractivity contribution in [2.45, 2.75) is 13.3 Å². The van der Waals surface area contributed by atoms with E-state index in [1.54, 1.807) is 4.90 Å². The van der Waals surface area contributed by atoms with E-state index in [9.17, 15) is 9.59 Å². The Morgan fingerprint density at radius 2 is 1.91 bits per heavy atom. The number of anilines is 2. The Labute approximate surface area is 129 Å².